The number of imidazole rings is 1. The van der Waals surface area contributed by atoms with E-state index < -0.39 is 0 Å². The molecule has 0 saturated carbocycles. The first-order chi connectivity index (χ1) is 10.3. The molecule has 0 bridgehead atoms. The van der Waals surface area contributed by atoms with E-state index in [4.69, 9.17) is 9.47 Å². The van der Waals surface area contributed by atoms with Crippen LogP contribution in [0.2, 0.25) is 0 Å². The van der Waals surface area contributed by atoms with Crippen LogP contribution in [0.4, 0.5) is 0 Å². The molecule has 108 valence electrons. The number of rotatable bonds is 5. The summed E-state index contributed by atoms with van der Waals surface area (Å²) in [6.45, 7) is 0. The lowest BCUT2D eigenvalue weighted by molar-refractivity contribution is -0.101. The molecule has 6 heteroatoms. The van der Waals surface area contributed by atoms with E-state index in [9.17, 15) is 0 Å². The minimum absolute atomic E-state index is 0.343. The van der Waals surface area contributed by atoms with Crippen molar-refractivity contribution in [3.63, 3.8) is 0 Å². The van der Waals surface area contributed by atoms with Crippen LogP contribution in [0.3, 0.4) is 0 Å². The van der Waals surface area contributed by atoms with Crippen LogP contribution in [-0.2, 0) is 15.9 Å². The largest absolute Gasteiger partial charge is 0.356 e. The predicted molar refractivity (Wildman–Crippen MR) is 78.2 cm³/mol. The molecule has 21 heavy (non-hydrogen) atoms. The van der Waals surface area contributed by atoms with Crippen molar-refractivity contribution >= 4 is 11.2 Å². The number of fused-ring (bicyclic) bond motifs is 1. The van der Waals surface area contributed by atoms with Crippen LogP contribution in [0.25, 0.3) is 16.9 Å². The van der Waals surface area contributed by atoms with Crippen molar-refractivity contribution in [1.82, 2.24) is 19.5 Å². The van der Waals surface area contributed by atoms with Crippen molar-refractivity contribution in [2.45, 2.75) is 12.7 Å². The molecule has 0 fully saturated rings. The highest BCUT2D eigenvalue weighted by Crippen LogP contribution is 2.19. The fraction of sp³-hybridized carbons (Fsp3) is 0.267. The normalized spacial score (nSPS) is 11.4. The highest BCUT2D eigenvalue weighted by Gasteiger charge is 2.15. The van der Waals surface area contributed by atoms with Crippen molar-refractivity contribution in [1.29, 1.82) is 0 Å². The van der Waals surface area contributed by atoms with E-state index in [0.717, 1.165) is 22.5 Å². The molecule has 0 N–H and O–H groups in total. The number of hydrogen-bond acceptors (Lipinski definition) is 5. The molecule has 0 aliphatic rings. The monoisotopic (exact) mass is 284 g/mol. The molecule has 1 aromatic carbocycles. The summed E-state index contributed by atoms with van der Waals surface area (Å²) >= 11 is 0. The maximum atomic E-state index is 5.23. The van der Waals surface area contributed by atoms with Crippen LogP contribution >= 0.6 is 0 Å². The topological polar surface area (TPSA) is 62.1 Å². The molecule has 0 aliphatic heterocycles. The number of ether oxygens (including phenoxy) is 2. The zero-order valence-corrected chi connectivity index (χ0v) is 11.9. The standard InChI is InChI=1S/C15H16N4O2/c1-20-13(21-2)8-12-14-15(17-9-16-12)19(10-18-14)11-6-4-3-5-7-11/h3-7,9-10,13H,8H2,1-2H3. The second-order valence-corrected chi connectivity index (χ2v) is 4.55. The SMILES string of the molecule is COC(Cc1ncnc2c1ncn2-c1ccccc1)OC. The van der Waals surface area contributed by atoms with Gasteiger partial charge in [0.15, 0.2) is 11.9 Å². The van der Waals surface area contributed by atoms with Gasteiger partial charge in [-0.2, -0.15) is 0 Å². The molecule has 0 saturated heterocycles. The van der Waals surface area contributed by atoms with Gasteiger partial charge in [-0.05, 0) is 12.1 Å². The average molecular weight is 284 g/mol. The second kappa shape index (κ2) is 5.99. The van der Waals surface area contributed by atoms with Crippen LogP contribution in [0.15, 0.2) is 43.0 Å². The van der Waals surface area contributed by atoms with Crippen molar-refractivity contribution < 1.29 is 9.47 Å². The summed E-state index contributed by atoms with van der Waals surface area (Å²) in [5.41, 5.74) is 3.36. The molecular weight excluding hydrogens is 268 g/mol. The fourth-order valence-electron chi connectivity index (χ4n) is 2.23. The van der Waals surface area contributed by atoms with Crippen molar-refractivity contribution in [3.05, 3.63) is 48.7 Å². The zero-order chi connectivity index (χ0) is 14.7. The molecule has 0 aliphatic carbocycles. The van der Waals surface area contributed by atoms with Crippen molar-refractivity contribution in [2.75, 3.05) is 14.2 Å². The molecule has 3 aromatic rings. The van der Waals surface area contributed by atoms with Crippen LogP contribution in [0, 0.1) is 0 Å². The van der Waals surface area contributed by atoms with Crippen LogP contribution in [-0.4, -0.2) is 40.0 Å². The van der Waals surface area contributed by atoms with E-state index in [1.54, 1.807) is 26.9 Å². The van der Waals surface area contributed by atoms with Gasteiger partial charge < -0.3 is 9.47 Å². The molecule has 6 nitrogen and oxygen atoms in total. The van der Waals surface area contributed by atoms with E-state index in [2.05, 4.69) is 15.0 Å². The van der Waals surface area contributed by atoms with Gasteiger partial charge in [0.05, 0.1) is 5.69 Å². The third-order valence-corrected chi connectivity index (χ3v) is 3.33. The summed E-state index contributed by atoms with van der Waals surface area (Å²) in [5.74, 6) is 0. The van der Waals surface area contributed by atoms with Crippen molar-refractivity contribution in [3.8, 4) is 5.69 Å². The van der Waals surface area contributed by atoms with E-state index in [0.29, 0.717) is 6.42 Å². The molecule has 2 heterocycles. The zero-order valence-electron chi connectivity index (χ0n) is 11.9. The second-order valence-electron chi connectivity index (χ2n) is 4.55. The first kappa shape index (κ1) is 13.7. The molecule has 0 spiro atoms. The van der Waals surface area contributed by atoms with Gasteiger partial charge in [-0.1, -0.05) is 18.2 Å². The smallest absolute Gasteiger partial charge is 0.168 e. The number of hydrogen-bond donors (Lipinski definition) is 0. The van der Waals surface area contributed by atoms with E-state index >= 15 is 0 Å². The van der Waals surface area contributed by atoms with Crippen LogP contribution in [0.1, 0.15) is 5.69 Å². The predicted octanol–water partition coefficient (Wildman–Crippen LogP) is 1.98. The minimum Gasteiger partial charge on any atom is -0.356 e. The van der Waals surface area contributed by atoms with E-state index in [-0.39, 0.29) is 6.29 Å². The summed E-state index contributed by atoms with van der Waals surface area (Å²) in [6, 6.07) is 9.96. The number of nitrogens with zero attached hydrogens (tertiary/aromatic N) is 4. The maximum Gasteiger partial charge on any atom is 0.168 e. The average Bonchev–Trinajstić information content (AvgIpc) is 2.98. The summed E-state index contributed by atoms with van der Waals surface area (Å²) in [7, 11) is 3.21. The molecule has 0 amide bonds. The van der Waals surface area contributed by atoms with Gasteiger partial charge in [0.25, 0.3) is 0 Å². The highest BCUT2D eigenvalue weighted by atomic mass is 16.7. The molecule has 0 atom stereocenters. The van der Waals surface area contributed by atoms with Crippen molar-refractivity contribution in [2.24, 2.45) is 0 Å². The molecule has 3 rings (SSSR count). The summed E-state index contributed by atoms with van der Waals surface area (Å²) in [5, 5.41) is 0. The molecule has 2 aromatic heterocycles. The summed E-state index contributed by atoms with van der Waals surface area (Å²) < 4.78 is 12.4. The number of methoxy groups -OCH3 is 2. The Bertz CT molecular complexity index is 723. The molecule has 0 unspecified atom stereocenters. The highest BCUT2D eigenvalue weighted by molar-refractivity contribution is 5.75. The van der Waals surface area contributed by atoms with Crippen LogP contribution in [0.5, 0.6) is 0 Å². The number of para-hydroxylation sites is 1. The molecule has 0 radical (unpaired) electrons. The van der Waals surface area contributed by atoms with Gasteiger partial charge >= 0.3 is 0 Å². The lowest BCUT2D eigenvalue weighted by Gasteiger charge is -2.12. The Labute approximate surface area is 122 Å². The lowest BCUT2D eigenvalue weighted by Crippen LogP contribution is -2.17. The van der Waals surface area contributed by atoms with Gasteiger partial charge in [-0.25, -0.2) is 15.0 Å². The van der Waals surface area contributed by atoms with Gasteiger partial charge in [-0.3, -0.25) is 4.57 Å². The quantitative estimate of drug-likeness (QED) is 0.670. The van der Waals surface area contributed by atoms with Crippen LogP contribution < -0.4 is 0 Å². The summed E-state index contributed by atoms with van der Waals surface area (Å²) in [4.78, 5) is 13.1. The Hall–Kier alpha value is -2.31. The van der Waals surface area contributed by atoms with Gasteiger partial charge in [0, 0.05) is 26.3 Å². The Kier molecular flexibility index (Phi) is 3.89. The Morgan fingerprint density at radius 3 is 2.52 bits per heavy atom. The minimum atomic E-state index is -0.343. The van der Waals surface area contributed by atoms with E-state index in [1.807, 2.05) is 34.9 Å². The lowest BCUT2D eigenvalue weighted by atomic mass is 10.2. The third kappa shape index (κ3) is 2.63. The first-order valence-corrected chi connectivity index (χ1v) is 6.61. The Balaban J connectivity index is 2.04. The first-order valence-electron chi connectivity index (χ1n) is 6.61. The maximum absolute atomic E-state index is 5.23. The summed E-state index contributed by atoms with van der Waals surface area (Å²) in [6.07, 6.45) is 3.48. The number of benzene rings is 1. The van der Waals surface area contributed by atoms with Gasteiger partial charge in [0.2, 0.25) is 0 Å². The van der Waals surface area contributed by atoms with E-state index in [1.165, 1.54) is 0 Å². The Morgan fingerprint density at radius 1 is 1.05 bits per heavy atom. The molecular formula is C15H16N4O2. The fourth-order valence-corrected chi connectivity index (χ4v) is 2.23. The Morgan fingerprint density at radius 2 is 1.81 bits per heavy atom. The van der Waals surface area contributed by atoms with Gasteiger partial charge in [-0.15, -0.1) is 0 Å². The third-order valence-electron chi connectivity index (χ3n) is 3.33. The van der Waals surface area contributed by atoms with Gasteiger partial charge in [0.1, 0.15) is 18.2 Å². The number of aromatic nitrogens is 4.